The van der Waals surface area contributed by atoms with Gasteiger partial charge in [-0.1, -0.05) is 20.8 Å². The lowest BCUT2D eigenvalue weighted by atomic mass is 9.44. The summed E-state index contributed by atoms with van der Waals surface area (Å²) in [6.07, 6.45) is 8.81. The van der Waals surface area contributed by atoms with Gasteiger partial charge in [0, 0.05) is 18.8 Å². The minimum Gasteiger partial charge on any atom is -0.481 e. The number of hydrogen-bond acceptors (Lipinski definition) is 3. The van der Waals surface area contributed by atoms with E-state index in [1.54, 1.807) is 0 Å². The second-order valence-corrected chi connectivity index (χ2v) is 11.2. The van der Waals surface area contributed by atoms with Crippen molar-refractivity contribution in [3.05, 3.63) is 0 Å². The van der Waals surface area contributed by atoms with Gasteiger partial charge in [-0.15, -0.1) is 0 Å². The zero-order valence-corrected chi connectivity index (χ0v) is 17.8. The van der Waals surface area contributed by atoms with Gasteiger partial charge in [-0.05, 0) is 91.8 Å². The second kappa shape index (κ2) is 7.11. The van der Waals surface area contributed by atoms with Crippen molar-refractivity contribution in [1.29, 1.82) is 0 Å². The molecule has 2 N–H and O–H groups in total. The molecule has 9 atom stereocenters. The Labute approximate surface area is 169 Å². The van der Waals surface area contributed by atoms with E-state index in [0.717, 1.165) is 44.9 Å². The number of aliphatic hydroxyl groups excluding tert-OH is 1. The summed E-state index contributed by atoms with van der Waals surface area (Å²) in [5.74, 6) is 2.25. The number of carbonyl (C=O) groups excluding carboxylic acids is 1. The fraction of sp³-hybridized carbons (Fsp3) is 0.917. The summed E-state index contributed by atoms with van der Waals surface area (Å²) in [4.78, 5) is 24.4. The summed E-state index contributed by atoms with van der Waals surface area (Å²) in [6, 6.07) is 0. The molecule has 0 unspecified atom stereocenters. The van der Waals surface area contributed by atoms with Gasteiger partial charge in [0.1, 0.15) is 5.78 Å². The van der Waals surface area contributed by atoms with Crippen molar-refractivity contribution in [1.82, 2.24) is 0 Å². The highest BCUT2D eigenvalue weighted by molar-refractivity contribution is 5.83. The lowest BCUT2D eigenvalue weighted by Gasteiger charge is -2.60. The number of Topliss-reactive ketones (excluding diaryl/α,β-unsaturated/α-hetero) is 1. The molecule has 4 aliphatic rings. The predicted octanol–water partition coefficient (Wildman–Crippen LogP) is 4.69. The number of carbonyl (C=O) groups is 2. The topological polar surface area (TPSA) is 74.6 Å². The maximum atomic E-state index is 13.3. The van der Waals surface area contributed by atoms with Crippen LogP contribution in [0.4, 0.5) is 0 Å². The van der Waals surface area contributed by atoms with Crippen LogP contribution in [-0.2, 0) is 9.59 Å². The molecule has 4 heteroatoms. The molecule has 0 radical (unpaired) electrons. The van der Waals surface area contributed by atoms with Gasteiger partial charge in [0.25, 0.3) is 0 Å². The first-order valence-electron chi connectivity index (χ1n) is 11.6. The van der Waals surface area contributed by atoms with E-state index in [4.69, 9.17) is 5.11 Å². The summed E-state index contributed by atoms with van der Waals surface area (Å²) in [5, 5.41) is 19.3. The van der Waals surface area contributed by atoms with E-state index in [1.165, 1.54) is 6.42 Å². The van der Waals surface area contributed by atoms with E-state index in [2.05, 4.69) is 20.8 Å². The number of hydrogen-bond donors (Lipinski definition) is 2. The molecule has 4 fully saturated rings. The van der Waals surface area contributed by atoms with Gasteiger partial charge in [-0.25, -0.2) is 0 Å². The van der Waals surface area contributed by atoms with Crippen molar-refractivity contribution < 1.29 is 19.8 Å². The average Bonchev–Trinajstić information content (AvgIpc) is 2.98. The molecule has 4 nitrogen and oxygen atoms in total. The Morgan fingerprint density at radius 3 is 2.50 bits per heavy atom. The Kier molecular flexibility index (Phi) is 5.17. The third-order valence-electron chi connectivity index (χ3n) is 10.0. The van der Waals surface area contributed by atoms with Crippen molar-refractivity contribution in [2.24, 2.45) is 46.3 Å². The van der Waals surface area contributed by atoms with Gasteiger partial charge < -0.3 is 10.2 Å². The molecule has 4 rings (SSSR count). The molecule has 0 amide bonds. The van der Waals surface area contributed by atoms with Gasteiger partial charge in [0.15, 0.2) is 0 Å². The molecule has 0 aromatic carbocycles. The van der Waals surface area contributed by atoms with Crippen LogP contribution >= 0.6 is 0 Å². The SMILES string of the molecule is C[C@H](CCC(=O)O)[C@H]1CC[C@H]2[C@@H]3C(=O)C[C@@H]4C[C@@H](O)CC[C@]4(C)[C@H]3CC[C@]12C. The van der Waals surface area contributed by atoms with E-state index in [-0.39, 0.29) is 29.3 Å². The molecule has 4 aliphatic carbocycles. The van der Waals surface area contributed by atoms with Crippen LogP contribution in [0.5, 0.6) is 0 Å². The lowest BCUT2D eigenvalue weighted by Crippen LogP contribution is -2.57. The van der Waals surface area contributed by atoms with Crippen LogP contribution in [0.25, 0.3) is 0 Å². The van der Waals surface area contributed by atoms with E-state index in [0.29, 0.717) is 41.8 Å². The van der Waals surface area contributed by atoms with E-state index in [9.17, 15) is 14.7 Å². The van der Waals surface area contributed by atoms with Crippen LogP contribution in [0.3, 0.4) is 0 Å². The summed E-state index contributed by atoms with van der Waals surface area (Å²) >= 11 is 0. The van der Waals surface area contributed by atoms with Gasteiger partial charge in [0.05, 0.1) is 6.10 Å². The average molecular weight is 391 g/mol. The molecule has 158 valence electrons. The zero-order chi connectivity index (χ0) is 20.3. The molecular formula is C24H38O4. The highest BCUT2D eigenvalue weighted by Gasteiger charge is 2.62. The minimum atomic E-state index is -0.698. The lowest BCUT2D eigenvalue weighted by molar-refractivity contribution is -0.160. The number of carboxylic acid groups (broad SMARTS) is 1. The molecule has 0 bridgehead atoms. The molecule has 0 aromatic heterocycles. The Hall–Kier alpha value is -0.900. The fourth-order valence-corrected chi connectivity index (χ4v) is 8.44. The number of fused-ring (bicyclic) bond motifs is 5. The molecule has 28 heavy (non-hydrogen) atoms. The number of carboxylic acids is 1. The predicted molar refractivity (Wildman–Crippen MR) is 108 cm³/mol. The standard InChI is InChI=1S/C24H38O4/c1-14(4-7-21(27)28)17-5-6-18-22-19(9-11-24(17,18)3)23(2)10-8-16(25)12-15(23)13-20(22)26/h14-19,22,25H,4-13H2,1-3H3,(H,27,28)/t14-,15+,16+,17-,18+,19+,22+,23+,24-/m1/s1. The molecule has 4 saturated carbocycles. The van der Waals surface area contributed by atoms with Gasteiger partial charge in [-0.3, -0.25) is 9.59 Å². The first kappa shape index (κ1) is 20.4. The first-order chi connectivity index (χ1) is 13.2. The third kappa shape index (κ3) is 3.05. The number of ketones is 1. The molecule has 0 aliphatic heterocycles. The van der Waals surface area contributed by atoms with Crippen LogP contribution in [0.2, 0.25) is 0 Å². The highest BCUT2D eigenvalue weighted by Crippen LogP contribution is 2.67. The first-order valence-corrected chi connectivity index (χ1v) is 11.6. The minimum absolute atomic E-state index is 0.187. The van der Waals surface area contributed by atoms with Crippen molar-refractivity contribution in [2.75, 3.05) is 0 Å². The van der Waals surface area contributed by atoms with Gasteiger partial charge >= 0.3 is 5.97 Å². The Balaban J connectivity index is 1.56. The summed E-state index contributed by atoms with van der Waals surface area (Å²) in [6.45, 7) is 7.06. The van der Waals surface area contributed by atoms with Crippen molar-refractivity contribution in [3.8, 4) is 0 Å². The summed E-state index contributed by atoms with van der Waals surface area (Å²) < 4.78 is 0. The number of aliphatic hydroxyl groups is 1. The van der Waals surface area contributed by atoms with Crippen LogP contribution in [0.1, 0.15) is 85.0 Å². The van der Waals surface area contributed by atoms with Crippen molar-refractivity contribution in [2.45, 2.75) is 91.1 Å². The van der Waals surface area contributed by atoms with Crippen molar-refractivity contribution in [3.63, 3.8) is 0 Å². The Morgan fingerprint density at radius 2 is 1.79 bits per heavy atom. The molecule has 0 heterocycles. The van der Waals surface area contributed by atoms with E-state index >= 15 is 0 Å². The Morgan fingerprint density at radius 1 is 1.11 bits per heavy atom. The monoisotopic (exact) mass is 390 g/mol. The van der Waals surface area contributed by atoms with E-state index in [1.807, 2.05) is 0 Å². The maximum absolute atomic E-state index is 13.3. The molecule has 0 aromatic rings. The number of rotatable bonds is 4. The molecular weight excluding hydrogens is 352 g/mol. The zero-order valence-electron chi connectivity index (χ0n) is 17.8. The molecule has 0 saturated heterocycles. The fourth-order valence-electron chi connectivity index (χ4n) is 8.44. The third-order valence-corrected chi connectivity index (χ3v) is 10.0. The smallest absolute Gasteiger partial charge is 0.303 e. The Bertz CT molecular complexity index is 645. The van der Waals surface area contributed by atoms with Crippen molar-refractivity contribution >= 4 is 11.8 Å². The van der Waals surface area contributed by atoms with Gasteiger partial charge in [-0.2, -0.15) is 0 Å². The van der Waals surface area contributed by atoms with Crippen LogP contribution in [0, 0.1) is 46.3 Å². The molecule has 0 spiro atoms. The largest absolute Gasteiger partial charge is 0.481 e. The van der Waals surface area contributed by atoms with Crippen LogP contribution in [-0.4, -0.2) is 28.1 Å². The highest BCUT2D eigenvalue weighted by atomic mass is 16.4. The van der Waals surface area contributed by atoms with Crippen LogP contribution < -0.4 is 0 Å². The summed E-state index contributed by atoms with van der Waals surface area (Å²) in [7, 11) is 0. The van der Waals surface area contributed by atoms with E-state index < -0.39 is 5.97 Å². The van der Waals surface area contributed by atoms with Crippen LogP contribution in [0.15, 0.2) is 0 Å². The maximum Gasteiger partial charge on any atom is 0.303 e. The summed E-state index contributed by atoms with van der Waals surface area (Å²) in [5.41, 5.74) is 0.401. The normalized spacial score (nSPS) is 49.1. The second-order valence-electron chi connectivity index (χ2n) is 11.2. The quantitative estimate of drug-likeness (QED) is 0.730. The number of aliphatic carboxylic acids is 1. The van der Waals surface area contributed by atoms with Gasteiger partial charge in [0.2, 0.25) is 0 Å².